The van der Waals surface area contributed by atoms with Crippen molar-refractivity contribution in [3.05, 3.63) is 72.3 Å². The fourth-order valence-corrected chi connectivity index (χ4v) is 5.04. The third-order valence-corrected chi connectivity index (χ3v) is 6.45. The van der Waals surface area contributed by atoms with Crippen LogP contribution in [0.5, 0.6) is 0 Å². The molecule has 3 aromatic rings. The zero-order chi connectivity index (χ0) is 27.8. The third kappa shape index (κ3) is 2.81. The van der Waals surface area contributed by atoms with Crippen LogP contribution in [0.1, 0.15) is 42.8 Å². The number of nitrogens with zero attached hydrogens (tertiary/aromatic N) is 4. The number of rotatable bonds is 4. The summed E-state index contributed by atoms with van der Waals surface area (Å²) >= 11 is 0. The highest BCUT2D eigenvalue weighted by atomic mass is 15.4. The minimum Gasteiger partial charge on any atom is -0.350 e. The standard InChI is InChI=1S/C27H32N4/c1-6-28-20(4)30(26-15-10-8-13-24(26)28)22-17-12-18-23(19(22)3)31-21(5)29(7-2)25-14-9-11-16-27(25)31/h8-18,20-21H,6-7H2,1-5H3/t20-,21+/i1D3,6D2,7D2/m0/s1. The molecule has 5 rings (SSSR count). The molecule has 31 heavy (non-hydrogen) atoms. The van der Waals surface area contributed by atoms with Crippen LogP contribution in [0.3, 0.4) is 0 Å². The van der Waals surface area contributed by atoms with Crippen LogP contribution in [-0.4, -0.2) is 25.3 Å². The van der Waals surface area contributed by atoms with Gasteiger partial charge in [0.25, 0.3) is 0 Å². The molecule has 2 aliphatic rings. The lowest BCUT2D eigenvalue weighted by Crippen LogP contribution is -2.39. The molecule has 0 unspecified atom stereocenters. The molecule has 4 nitrogen and oxygen atoms in total. The number of hydrogen-bond acceptors (Lipinski definition) is 4. The lowest BCUT2D eigenvalue weighted by molar-refractivity contribution is 0.685. The van der Waals surface area contributed by atoms with Gasteiger partial charge in [-0.05, 0) is 76.5 Å². The van der Waals surface area contributed by atoms with Crippen molar-refractivity contribution in [2.24, 2.45) is 0 Å². The van der Waals surface area contributed by atoms with Gasteiger partial charge in [-0.3, -0.25) is 0 Å². The third-order valence-electron chi connectivity index (χ3n) is 6.45. The SMILES string of the molecule is [2H]C([2H])(C)N1c2ccccc2N(c2cccc(N3c4ccccc4N(C([2H])([2H])C([2H])([2H])[2H])[C@@H]3C)c2C)[C@@H]1C. The van der Waals surface area contributed by atoms with E-state index in [9.17, 15) is 0 Å². The zero-order valence-corrected chi connectivity index (χ0v) is 18.3. The average molecular weight is 420 g/mol. The Morgan fingerprint density at radius 3 is 1.55 bits per heavy atom. The summed E-state index contributed by atoms with van der Waals surface area (Å²) in [6, 6.07) is 21.0. The molecule has 0 bridgehead atoms. The van der Waals surface area contributed by atoms with Crippen LogP contribution in [-0.2, 0) is 0 Å². The first-order valence-corrected chi connectivity index (χ1v) is 10.6. The number of hydrogen-bond donors (Lipinski definition) is 0. The van der Waals surface area contributed by atoms with Crippen molar-refractivity contribution in [2.75, 3.05) is 32.6 Å². The Morgan fingerprint density at radius 2 is 1.10 bits per heavy atom. The molecule has 0 saturated heterocycles. The van der Waals surface area contributed by atoms with Crippen molar-refractivity contribution in [1.29, 1.82) is 0 Å². The van der Waals surface area contributed by atoms with Crippen LogP contribution in [0.25, 0.3) is 0 Å². The first-order valence-electron chi connectivity index (χ1n) is 14.1. The Hall–Kier alpha value is -3.14. The fraction of sp³-hybridized carbons (Fsp3) is 0.333. The van der Waals surface area contributed by atoms with E-state index in [2.05, 4.69) is 4.90 Å². The molecule has 3 aromatic carbocycles. The molecule has 0 aromatic heterocycles. The molecule has 0 amide bonds. The monoisotopic (exact) mass is 419 g/mol. The highest BCUT2D eigenvalue weighted by molar-refractivity contribution is 5.89. The van der Waals surface area contributed by atoms with E-state index in [1.807, 2.05) is 80.3 Å². The van der Waals surface area contributed by atoms with Crippen molar-refractivity contribution in [3.63, 3.8) is 0 Å². The van der Waals surface area contributed by atoms with Crippen molar-refractivity contribution in [1.82, 2.24) is 0 Å². The molecular formula is C27H32N4. The predicted molar refractivity (Wildman–Crippen MR) is 133 cm³/mol. The van der Waals surface area contributed by atoms with Gasteiger partial charge in [0.05, 0.1) is 22.7 Å². The lowest BCUT2D eigenvalue weighted by Gasteiger charge is -2.34. The van der Waals surface area contributed by atoms with E-state index >= 15 is 0 Å². The number of fused-ring (bicyclic) bond motifs is 2. The summed E-state index contributed by atoms with van der Waals surface area (Å²) in [6.45, 7) is 0.338. The molecular weight excluding hydrogens is 380 g/mol. The Bertz CT molecular complexity index is 1370. The molecule has 0 N–H and O–H groups in total. The molecule has 160 valence electrons. The minimum absolute atomic E-state index is 0.300. The molecule has 2 heterocycles. The maximum Gasteiger partial charge on any atom is 0.104 e. The fourth-order valence-electron chi connectivity index (χ4n) is 5.04. The van der Waals surface area contributed by atoms with Crippen LogP contribution in [0.2, 0.25) is 0 Å². The Kier molecular flexibility index (Phi) is 3.23. The topological polar surface area (TPSA) is 13.0 Å². The number of anilines is 6. The van der Waals surface area contributed by atoms with Crippen LogP contribution in [0.15, 0.2) is 66.7 Å². The van der Waals surface area contributed by atoms with E-state index in [1.54, 1.807) is 24.0 Å². The Labute approximate surface area is 196 Å². The first-order chi connectivity index (χ1) is 17.7. The summed E-state index contributed by atoms with van der Waals surface area (Å²) in [5.41, 5.74) is 5.62. The van der Waals surface area contributed by atoms with Gasteiger partial charge in [0.1, 0.15) is 12.3 Å². The molecule has 0 spiro atoms. The van der Waals surface area contributed by atoms with E-state index in [0.717, 1.165) is 34.0 Å². The summed E-state index contributed by atoms with van der Waals surface area (Å²) in [4.78, 5) is 7.24. The van der Waals surface area contributed by atoms with Gasteiger partial charge in [-0.15, -0.1) is 0 Å². The highest BCUT2D eigenvalue weighted by Crippen LogP contribution is 2.49. The van der Waals surface area contributed by atoms with Gasteiger partial charge in [0, 0.05) is 34.0 Å². The van der Waals surface area contributed by atoms with Gasteiger partial charge in [-0.2, -0.15) is 0 Å². The van der Waals surface area contributed by atoms with E-state index in [1.165, 1.54) is 4.90 Å². The first kappa shape index (κ1) is 13.3. The van der Waals surface area contributed by atoms with Crippen LogP contribution >= 0.6 is 0 Å². The number of para-hydroxylation sites is 4. The van der Waals surface area contributed by atoms with E-state index < -0.39 is 26.0 Å². The predicted octanol–water partition coefficient (Wildman–Crippen LogP) is 6.64. The molecule has 0 aliphatic carbocycles. The molecule has 0 radical (unpaired) electrons. The van der Waals surface area contributed by atoms with Gasteiger partial charge in [-0.1, -0.05) is 30.3 Å². The quantitative estimate of drug-likeness (QED) is 0.470. The van der Waals surface area contributed by atoms with Gasteiger partial charge in [-0.25, -0.2) is 0 Å². The smallest absolute Gasteiger partial charge is 0.104 e. The lowest BCUT2D eigenvalue weighted by atomic mass is 10.1. The molecule has 0 saturated carbocycles. The summed E-state index contributed by atoms with van der Waals surface area (Å²) in [7, 11) is 0. The number of benzene rings is 3. The van der Waals surface area contributed by atoms with Gasteiger partial charge in [0.2, 0.25) is 0 Å². The normalized spacial score (nSPS) is 24.5. The van der Waals surface area contributed by atoms with Crippen LogP contribution in [0, 0.1) is 6.92 Å². The van der Waals surface area contributed by atoms with Gasteiger partial charge in [0.15, 0.2) is 0 Å². The highest BCUT2D eigenvalue weighted by Gasteiger charge is 2.36. The van der Waals surface area contributed by atoms with Crippen molar-refractivity contribution >= 4 is 34.1 Å². The summed E-state index contributed by atoms with van der Waals surface area (Å²) < 4.78 is 57.8. The molecule has 2 atom stereocenters. The second-order valence-electron chi connectivity index (χ2n) is 7.98. The Balaban J connectivity index is 1.64. The molecule has 4 heteroatoms. The summed E-state index contributed by atoms with van der Waals surface area (Å²) in [6.07, 6.45) is -0.910. The zero-order valence-electron chi connectivity index (χ0n) is 25.3. The van der Waals surface area contributed by atoms with Crippen molar-refractivity contribution in [3.8, 4) is 0 Å². The maximum absolute atomic E-state index is 8.56. The van der Waals surface area contributed by atoms with Crippen LogP contribution < -0.4 is 19.6 Å². The second kappa shape index (κ2) is 7.52. The van der Waals surface area contributed by atoms with Gasteiger partial charge >= 0.3 is 0 Å². The summed E-state index contributed by atoms with van der Waals surface area (Å²) in [5.74, 6) is 0. The second-order valence-corrected chi connectivity index (χ2v) is 7.98. The summed E-state index contributed by atoms with van der Waals surface area (Å²) in [5, 5.41) is 0. The van der Waals surface area contributed by atoms with E-state index in [4.69, 9.17) is 9.60 Å². The largest absolute Gasteiger partial charge is 0.350 e. The average Bonchev–Trinajstić information content (AvgIpc) is 3.29. The van der Waals surface area contributed by atoms with Gasteiger partial charge < -0.3 is 19.6 Å². The minimum atomic E-state index is -2.85. The van der Waals surface area contributed by atoms with E-state index in [-0.39, 0.29) is 6.17 Å². The van der Waals surface area contributed by atoms with E-state index in [0.29, 0.717) is 5.69 Å². The molecule has 0 fully saturated rings. The Morgan fingerprint density at radius 1 is 0.677 bits per heavy atom. The van der Waals surface area contributed by atoms with Crippen LogP contribution in [0.4, 0.5) is 34.1 Å². The molecule has 2 aliphatic heterocycles. The van der Waals surface area contributed by atoms with Crippen molar-refractivity contribution in [2.45, 2.75) is 46.9 Å². The van der Waals surface area contributed by atoms with Crippen molar-refractivity contribution < 1.29 is 9.60 Å². The maximum atomic E-state index is 8.56.